The van der Waals surface area contributed by atoms with E-state index in [1.807, 2.05) is 31.2 Å². The number of rotatable bonds is 4. The largest absolute Gasteiger partial charge is 0.481 e. The molecule has 2 atom stereocenters. The molecule has 2 aromatic rings. The molecule has 1 aliphatic heterocycles. The highest BCUT2D eigenvalue weighted by molar-refractivity contribution is 7.91. The second-order valence-electron chi connectivity index (χ2n) is 6.28. The van der Waals surface area contributed by atoms with E-state index in [1.165, 1.54) is 0 Å². The minimum absolute atomic E-state index is 0.0299. The lowest BCUT2D eigenvalue weighted by Crippen LogP contribution is -2.40. The Balaban J connectivity index is 1.71. The third-order valence-corrected chi connectivity index (χ3v) is 6.14. The monoisotopic (exact) mass is 359 g/mol. The molecule has 1 amide bonds. The number of carbonyl (C=O) groups is 1. The number of benzene rings is 2. The van der Waals surface area contributed by atoms with Crippen LogP contribution in [0.5, 0.6) is 5.75 Å². The van der Waals surface area contributed by atoms with Crippen molar-refractivity contribution in [2.24, 2.45) is 0 Å². The van der Waals surface area contributed by atoms with Crippen molar-refractivity contribution in [1.29, 1.82) is 0 Å². The Morgan fingerprint density at radius 2 is 1.84 bits per heavy atom. The molecule has 5 nitrogen and oxygen atoms in total. The molecular weight excluding hydrogens is 338 g/mol. The lowest BCUT2D eigenvalue weighted by atomic mass is 10.0. The van der Waals surface area contributed by atoms with Crippen LogP contribution < -0.4 is 10.1 Å². The number of aryl methyl sites for hydroxylation is 1. The predicted octanol–water partition coefficient (Wildman–Crippen LogP) is 2.80. The second-order valence-corrected chi connectivity index (χ2v) is 8.36. The molecule has 0 spiro atoms. The molecule has 132 valence electrons. The van der Waals surface area contributed by atoms with E-state index < -0.39 is 15.9 Å². The third kappa shape index (κ3) is 3.85. The molecule has 0 saturated carbocycles. The number of nitrogens with one attached hydrogen (secondary N) is 1. The summed E-state index contributed by atoms with van der Waals surface area (Å²) in [6.07, 6.45) is -0.309. The molecule has 1 aliphatic rings. The zero-order valence-corrected chi connectivity index (χ0v) is 15.0. The highest BCUT2D eigenvalue weighted by Crippen LogP contribution is 2.32. The van der Waals surface area contributed by atoms with Gasteiger partial charge in [-0.2, -0.15) is 0 Å². The van der Waals surface area contributed by atoms with Crippen molar-refractivity contribution in [3.05, 3.63) is 59.7 Å². The molecule has 0 fully saturated rings. The van der Waals surface area contributed by atoms with Crippen LogP contribution in [0.2, 0.25) is 0 Å². The minimum Gasteiger partial charge on any atom is -0.481 e. The van der Waals surface area contributed by atoms with Gasteiger partial charge in [0.15, 0.2) is 15.9 Å². The van der Waals surface area contributed by atoms with Gasteiger partial charge in [-0.05, 0) is 44.0 Å². The average Bonchev–Trinajstić information content (AvgIpc) is 2.59. The Bertz CT molecular complexity index is 875. The van der Waals surface area contributed by atoms with Gasteiger partial charge >= 0.3 is 0 Å². The van der Waals surface area contributed by atoms with Gasteiger partial charge in [0.2, 0.25) is 0 Å². The summed E-state index contributed by atoms with van der Waals surface area (Å²) in [6, 6.07) is 14.0. The van der Waals surface area contributed by atoms with Crippen molar-refractivity contribution in [3.63, 3.8) is 0 Å². The molecule has 0 saturated heterocycles. The van der Waals surface area contributed by atoms with Crippen LogP contribution in [0.15, 0.2) is 53.4 Å². The van der Waals surface area contributed by atoms with Crippen molar-refractivity contribution in [2.45, 2.75) is 37.3 Å². The summed E-state index contributed by atoms with van der Waals surface area (Å²) in [7, 11) is -3.27. The molecule has 0 unspecified atom stereocenters. The highest BCUT2D eigenvalue weighted by atomic mass is 32.2. The zero-order valence-electron chi connectivity index (χ0n) is 14.2. The molecule has 0 aromatic heterocycles. The van der Waals surface area contributed by atoms with Gasteiger partial charge in [0, 0.05) is 0 Å². The van der Waals surface area contributed by atoms with Crippen LogP contribution in [0.1, 0.15) is 30.5 Å². The molecule has 2 aromatic carbocycles. The van der Waals surface area contributed by atoms with E-state index in [0.717, 1.165) is 5.56 Å². The summed E-state index contributed by atoms with van der Waals surface area (Å²) in [5.41, 5.74) is 1.76. The smallest absolute Gasteiger partial charge is 0.261 e. The fourth-order valence-corrected chi connectivity index (χ4v) is 4.52. The van der Waals surface area contributed by atoms with Gasteiger partial charge in [-0.3, -0.25) is 4.79 Å². The van der Waals surface area contributed by atoms with Crippen molar-refractivity contribution in [2.75, 3.05) is 5.75 Å². The quantitative estimate of drug-likeness (QED) is 0.911. The van der Waals surface area contributed by atoms with E-state index in [-0.39, 0.29) is 17.7 Å². The highest BCUT2D eigenvalue weighted by Gasteiger charge is 2.31. The van der Waals surface area contributed by atoms with Gasteiger partial charge in [-0.15, -0.1) is 0 Å². The number of hydrogen-bond donors (Lipinski definition) is 1. The standard InChI is InChI=1S/C19H21NO4S/c1-13-7-9-15(10-8-13)24-14(2)19(21)20-17-11-12-25(22,23)18-6-4-3-5-16(17)18/h3-10,14,17H,11-12H2,1-2H3,(H,20,21)/t14-,17-/m0/s1. The Morgan fingerprint density at radius 1 is 1.16 bits per heavy atom. The number of amides is 1. The normalized spacial score (nSPS) is 19.5. The maximum absolute atomic E-state index is 12.5. The SMILES string of the molecule is Cc1ccc(O[C@@H](C)C(=O)N[C@H]2CCS(=O)(=O)c3ccccc32)cc1. The van der Waals surface area contributed by atoms with E-state index >= 15 is 0 Å². The van der Waals surface area contributed by atoms with E-state index in [9.17, 15) is 13.2 Å². The van der Waals surface area contributed by atoms with Crippen LogP contribution in [0.3, 0.4) is 0 Å². The lowest BCUT2D eigenvalue weighted by Gasteiger charge is -2.27. The molecule has 25 heavy (non-hydrogen) atoms. The van der Waals surface area contributed by atoms with Gasteiger partial charge < -0.3 is 10.1 Å². The maximum Gasteiger partial charge on any atom is 0.261 e. The topological polar surface area (TPSA) is 72.5 Å². The maximum atomic E-state index is 12.5. The molecule has 1 heterocycles. The summed E-state index contributed by atoms with van der Waals surface area (Å²) in [6.45, 7) is 3.66. The Kier molecular flexibility index (Phi) is 4.81. The van der Waals surface area contributed by atoms with Crippen molar-refractivity contribution < 1.29 is 17.9 Å². The first-order valence-corrected chi connectivity index (χ1v) is 9.87. The van der Waals surface area contributed by atoms with Gasteiger partial charge in [-0.1, -0.05) is 35.9 Å². The van der Waals surface area contributed by atoms with Gasteiger partial charge in [0.25, 0.3) is 5.91 Å². The van der Waals surface area contributed by atoms with Crippen LogP contribution >= 0.6 is 0 Å². The van der Waals surface area contributed by atoms with E-state index in [4.69, 9.17) is 4.74 Å². The fraction of sp³-hybridized carbons (Fsp3) is 0.316. The van der Waals surface area contributed by atoms with Crippen molar-refractivity contribution >= 4 is 15.7 Å². The molecule has 3 rings (SSSR count). The first kappa shape index (κ1) is 17.5. The molecular formula is C19H21NO4S. The molecule has 0 radical (unpaired) electrons. The van der Waals surface area contributed by atoms with Gasteiger partial charge in [0.05, 0.1) is 16.7 Å². The molecule has 6 heteroatoms. The van der Waals surface area contributed by atoms with Crippen molar-refractivity contribution in [1.82, 2.24) is 5.32 Å². The minimum atomic E-state index is -3.27. The third-order valence-electron chi connectivity index (χ3n) is 4.32. The Labute approximate surface area is 147 Å². The molecule has 0 bridgehead atoms. The summed E-state index contributed by atoms with van der Waals surface area (Å²) in [4.78, 5) is 12.8. The fourth-order valence-electron chi connectivity index (χ4n) is 2.90. The van der Waals surface area contributed by atoms with E-state index in [2.05, 4.69) is 5.32 Å². The van der Waals surface area contributed by atoms with Crippen LogP contribution in [0.25, 0.3) is 0 Å². The number of sulfone groups is 1. The molecule has 1 N–H and O–H groups in total. The van der Waals surface area contributed by atoms with Crippen LogP contribution in [0.4, 0.5) is 0 Å². The van der Waals surface area contributed by atoms with Gasteiger partial charge in [-0.25, -0.2) is 8.42 Å². The van der Waals surface area contributed by atoms with E-state index in [1.54, 1.807) is 31.2 Å². The van der Waals surface area contributed by atoms with E-state index in [0.29, 0.717) is 22.6 Å². The second kappa shape index (κ2) is 6.88. The number of ether oxygens (including phenoxy) is 1. The molecule has 0 aliphatic carbocycles. The Hall–Kier alpha value is -2.34. The summed E-state index contributed by atoms with van der Waals surface area (Å²) >= 11 is 0. The summed E-state index contributed by atoms with van der Waals surface area (Å²) < 4.78 is 30.0. The summed E-state index contributed by atoms with van der Waals surface area (Å²) in [5.74, 6) is 0.391. The first-order valence-electron chi connectivity index (χ1n) is 8.22. The Morgan fingerprint density at radius 3 is 2.56 bits per heavy atom. The van der Waals surface area contributed by atoms with Gasteiger partial charge in [0.1, 0.15) is 5.75 Å². The van der Waals surface area contributed by atoms with Crippen LogP contribution in [0, 0.1) is 6.92 Å². The first-order chi connectivity index (χ1) is 11.9. The number of hydrogen-bond acceptors (Lipinski definition) is 4. The average molecular weight is 359 g/mol. The van der Waals surface area contributed by atoms with Crippen molar-refractivity contribution in [3.8, 4) is 5.75 Å². The van der Waals surface area contributed by atoms with Crippen LogP contribution in [-0.2, 0) is 14.6 Å². The van der Waals surface area contributed by atoms with Crippen LogP contribution in [-0.4, -0.2) is 26.2 Å². The zero-order chi connectivity index (χ0) is 18.0. The number of fused-ring (bicyclic) bond motifs is 1. The number of carbonyl (C=O) groups excluding carboxylic acids is 1. The lowest BCUT2D eigenvalue weighted by molar-refractivity contribution is -0.128. The summed E-state index contributed by atoms with van der Waals surface area (Å²) in [5, 5.41) is 2.92. The predicted molar refractivity (Wildman–Crippen MR) is 95.3 cm³/mol.